The van der Waals surface area contributed by atoms with E-state index in [1.807, 2.05) is 18.2 Å². The Bertz CT molecular complexity index is 336. The van der Waals surface area contributed by atoms with Gasteiger partial charge in [0, 0.05) is 5.02 Å². The molecule has 0 amide bonds. The van der Waals surface area contributed by atoms with Crippen molar-refractivity contribution in [3.8, 4) is 5.75 Å². The molecule has 3 heteroatoms. The monoisotopic (exact) mass is 225 g/mol. The molecule has 1 fully saturated rings. The number of ether oxygens (including phenoxy) is 1. The lowest BCUT2D eigenvalue weighted by atomic mass is 10.1. The van der Waals surface area contributed by atoms with Crippen molar-refractivity contribution in [2.24, 2.45) is 11.7 Å². The molecular weight excluding hydrogens is 210 g/mol. The molecule has 1 aromatic rings. The van der Waals surface area contributed by atoms with Crippen LogP contribution in [0.25, 0.3) is 0 Å². The topological polar surface area (TPSA) is 35.2 Å². The highest BCUT2D eigenvalue weighted by Gasteiger charge is 2.21. The molecule has 0 heterocycles. The summed E-state index contributed by atoms with van der Waals surface area (Å²) in [5.41, 5.74) is 6.66. The van der Waals surface area contributed by atoms with Gasteiger partial charge in [0.2, 0.25) is 0 Å². The summed E-state index contributed by atoms with van der Waals surface area (Å²) in [6.45, 7) is 1.46. The lowest BCUT2D eigenvalue weighted by Gasteiger charge is -2.08. The first-order chi connectivity index (χ1) is 7.28. The van der Waals surface area contributed by atoms with Crippen LogP contribution in [-0.2, 0) is 6.42 Å². The molecule has 0 atom stereocenters. The first-order valence-corrected chi connectivity index (χ1v) is 5.78. The van der Waals surface area contributed by atoms with Crippen LogP contribution in [0.3, 0.4) is 0 Å². The van der Waals surface area contributed by atoms with E-state index in [-0.39, 0.29) is 0 Å². The van der Waals surface area contributed by atoms with Crippen molar-refractivity contribution in [1.82, 2.24) is 0 Å². The maximum absolute atomic E-state index is 6.00. The maximum atomic E-state index is 6.00. The Morgan fingerprint density at radius 3 is 2.80 bits per heavy atom. The highest BCUT2D eigenvalue weighted by molar-refractivity contribution is 6.30. The molecule has 0 unspecified atom stereocenters. The van der Waals surface area contributed by atoms with E-state index in [4.69, 9.17) is 22.1 Å². The molecule has 0 bridgehead atoms. The molecule has 0 radical (unpaired) electrons. The van der Waals surface area contributed by atoms with Crippen molar-refractivity contribution < 1.29 is 4.74 Å². The molecule has 0 aromatic heterocycles. The predicted molar refractivity (Wildman–Crippen MR) is 62.4 cm³/mol. The zero-order chi connectivity index (χ0) is 10.7. The molecule has 1 aromatic carbocycles. The van der Waals surface area contributed by atoms with Gasteiger partial charge in [0.1, 0.15) is 5.75 Å². The molecule has 2 N–H and O–H groups in total. The van der Waals surface area contributed by atoms with Crippen LogP contribution in [0.15, 0.2) is 18.2 Å². The lowest BCUT2D eigenvalue weighted by molar-refractivity contribution is 0.299. The highest BCUT2D eigenvalue weighted by atomic mass is 35.5. The zero-order valence-electron chi connectivity index (χ0n) is 8.71. The molecule has 0 saturated heterocycles. The van der Waals surface area contributed by atoms with Gasteiger partial charge in [-0.2, -0.15) is 0 Å². The summed E-state index contributed by atoms with van der Waals surface area (Å²) >= 11 is 6.00. The SMILES string of the molecule is NCCc1cc(Cl)cc(OCC2CC2)c1. The highest BCUT2D eigenvalue weighted by Crippen LogP contribution is 2.30. The molecule has 1 saturated carbocycles. The Morgan fingerprint density at radius 2 is 2.13 bits per heavy atom. The van der Waals surface area contributed by atoms with E-state index in [9.17, 15) is 0 Å². The minimum absolute atomic E-state index is 0.641. The lowest BCUT2D eigenvalue weighted by Crippen LogP contribution is -2.04. The number of rotatable bonds is 5. The van der Waals surface area contributed by atoms with Crippen molar-refractivity contribution in [3.05, 3.63) is 28.8 Å². The second-order valence-electron chi connectivity index (χ2n) is 4.09. The van der Waals surface area contributed by atoms with Gasteiger partial charge in [-0.05, 0) is 55.5 Å². The number of hydrogen-bond acceptors (Lipinski definition) is 2. The van der Waals surface area contributed by atoms with E-state index in [1.54, 1.807) is 0 Å². The Morgan fingerprint density at radius 1 is 1.33 bits per heavy atom. The minimum atomic E-state index is 0.641. The minimum Gasteiger partial charge on any atom is -0.493 e. The summed E-state index contributed by atoms with van der Waals surface area (Å²) in [4.78, 5) is 0. The van der Waals surface area contributed by atoms with Crippen LogP contribution in [0.5, 0.6) is 5.75 Å². The Balaban J connectivity index is 2.00. The van der Waals surface area contributed by atoms with E-state index in [0.29, 0.717) is 6.54 Å². The zero-order valence-corrected chi connectivity index (χ0v) is 9.46. The second-order valence-corrected chi connectivity index (χ2v) is 4.52. The number of benzene rings is 1. The van der Waals surface area contributed by atoms with Crippen LogP contribution in [0.2, 0.25) is 5.02 Å². The third kappa shape index (κ3) is 3.40. The summed E-state index contributed by atoms with van der Waals surface area (Å²) in [5.74, 6) is 1.64. The molecule has 82 valence electrons. The number of hydrogen-bond donors (Lipinski definition) is 1. The average Bonchev–Trinajstić information content (AvgIpc) is 2.98. The van der Waals surface area contributed by atoms with Gasteiger partial charge in [0.05, 0.1) is 6.61 Å². The van der Waals surface area contributed by atoms with Gasteiger partial charge in [-0.3, -0.25) is 0 Å². The third-order valence-electron chi connectivity index (χ3n) is 2.55. The summed E-state index contributed by atoms with van der Waals surface area (Å²) in [6.07, 6.45) is 3.45. The molecule has 2 rings (SSSR count). The largest absolute Gasteiger partial charge is 0.493 e. The maximum Gasteiger partial charge on any atom is 0.121 e. The Labute approximate surface area is 95.4 Å². The standard InChI is InChI=1S/C12H16ClNO/c13-11-5-10(3-4-14)6-12(7-11)15-8-9-1-2-9/h5-7,9H,1-4,8,14H2. The Kier molecular flexibility index (Phi) is 3.49. The van der Waals surface area contributed by atoms with Crippen molar-refractivity contribution in [2.45, 2.75) is 19.3 Å². The van der Waals surface area contributed by atoms with E-state index < -0.39 is 0 Å². The molecule has 15 heavy (non-hydrogen) atoms. The summed E-state index contributed by atoms with van der Waals surface area (Å²) in [5, 5.41) is 0.728. The van der Waals surface area contributed by atoms with Crippen molar-refractivity contribution in [1.29, 1.82) is 0 Å². The van der Waals surface area contributed by atoms with Crippen LogP contribution in [0.1, 0.15) is 18.4 Å². The van der Waals surface area contributed by atoms with Gasteiger partial charge in [0.15, 0.2) is 0 Å². The third-order valence-corrected chi connectivity index (χ3v) is 2.76. The molecule has 1 aliphatic rings. The average molecular weight is 226 g/mol. The van der Waals surface area contributed by atoms with Crippen molar-refractivity contribution in [3.63, 3.8) is 0 Å². The van der Waals surface area contributed by atoms with Gasteiger partial charge >= 0.3 is 0 Å². The molecule has 1 aliphatic carbocycles. The predicted octanol–water partition coefficient (Wildman–Crippen LogP) is 2.63. The fraction of sp³-hybridized carbons (Fsp3) is 0.500. The van der Waals surface area contributed by atoms with Crippen LogP contribution in [0, 0.1) is 5.92 Å². The number of halogens is 1. The Hall–Kier alpha value is -0.730. The quantitative estimate of drug-likeness (QED) is 0.836. The van der Waals surface area contributed by atoms with Crippen LogP contribution in [0.4, 0.5) is 0 Å². The molecular formula is C12H16ClNO. The number of nitrogens with two attached hydrogens (primary N) is 1. The van der Waals surface area contributed by atoms with Gasteiger partial charge in [-0.15, -0.1) is 0 Å². The van der Waals surface area contributed by atoms with E-state index in [0.717, 1.165) is 35.3 Å². The molecule has 0 spiro atoms. The smallest absolute Gasteiger partial charge is 0.121 e. The van der Waals surface area contributed by atoms with Gasteiger partial charge < -0.3 is 10.5 Å². The van der Waals surface area contributed by atoms with Crippen LogP contribution in [-0.4, -0.2) is 13.2 Å². The first-order valence-electron chi connectivity index (χ1n) is 5.40. The second kappa shape index (κ2) is 4.86. The normalized spacial score (nSPS) is 15.3. The summed E-state index contributed by atoms with van der Waals surface area (Å²) < 4.78 is 5.67. The van der Waals surface area contributed by atoms with Gasteiger partial charge in [-0.1, -0.05) is 11.6 Å². The van der Waals surface area contributed by atoms with Gasteiger partial charge in [-0.25, -0.2) is 0 Å². The summed E-state index contributed by atoms with van der Waals surface area (Å²) in [6, 6.07) is 5.84. The van der Waals surface area contributed by atoms with Crippen molar-refractivity contribution >= 4 is 11.6 Å². The molecule has 2 nitrogen and oxygen atoms in total. The molecule has 0 aliphatic heterocycles. The van der Waals surface area contributed by atoms with E-state index in [1.165, 1.54) is 12.8 Å². The van der Waals surface area contributed by atoms with Gasteiger partial charge in [0.25, 0.3) is 0 Å². The summed E-state index contributed by atoms with van der Waals surface area (Å²) in [7, 11) is 0. The fourth-order valence-corrected chi connectivity index (χ4v) is 1.76. The first kappa shape index (κ1) is 10.8. The fourth-order valence-electron chi connectivity index (χ4n) is 1.51. The van der Waals surface area contributed by atoms with E-state index in [2.05, 4.69) is 0 Å². The van der Waals surface area contributed by atoms with Crippen LogP contribution < -0.4 is 10.5 Å². The van der Waals surface area contributed by atoms with Crippen molar-refractivity contribution in [2.75, 3.05) is 13.2 Å². The van der Waals surface area contributed by atoms with E-state index >= 15 is 0 Å². The van der Waals surface area contributed by atoms with Crippen LogP contribution >= 0.6 is 11.6 Å².